The predicted molar refractivity (Wildman–Crippen MR) is 52.5 cm³/mol. The maximum Gasteiger partial charge on any atom is 0.312 e. The van der Waals surface area contributed by atoms with Gasteiger partial charge in [-0.15, -0.1) is 0 Å². The van der Waals surface area contributed by atoms with Crippen LogP contribution in [0.4, 0.5) is 4.79 Å². The van der Waals surface area contributed by atoms with Gasteiger partial charge in [-0.05, 0) is 12.8 Å². The summed E-state index contributed by atoms with van der Waals surface area (Å²) in [5.41, 5.74) is 4.93. The van der Waals surface area contributed by atoms with Crippen LogP contribution < -0.4 is 16.4 Å². The van der Waals surface area contributed by atoms with Gasteiger partial charge in [0, 0.05) is 19.1 Å². The van der Waals surface area contributed by atoms with Gasteiger partial charge in [-0.1, -0.05) is 19.3 Å². The van der Waals surface area contributed by atoms with Gasteiger partial charge in [0.15, 0.2) is 0 Å². The summed E-state index contributed by atoms with van der Waals surface area (Å²) in [7, 11) is 0. The molecule has 13 heavy (non-hydrogen) atoms. The number of nitrogens with one attached hydrogen (secondary N) is 2. The average Bonchev–Trinajstić information content (AvgIpc) is 2.14. The number of urea groups is 1. The molecule has 1 fully saturated rings. The molecule has 76 valence electrons. The second-order valence-electron chi connectivity index (χ2n) is 3.58. The minimum absolute atomic E-state index is 0.439. The molecule has 0 bridgehead atoms. The topological polar surface area (TPSA) is 67.2 Å². The Morgan fingerprint density at radius 2 is 1.92 bits per heavy atom. The van der Waals surface area contributed by atoms with Crippen LogP contribution in [0.2, 0.25) is 0 Å². The molecule has 4 nitrogen and oxygen atoms in total. The molecule has 0 aromatic rings. The van der Waals surface area contributed by atoms with Gasteiger partial charge in [-0.2, -0.15) is 0 Å². The molecule has 1 rings (SSSR count). The van der Waals surface area contributed by atoms with Gasteiger partial charge in [-0.3, -0.25) is 0 Å². The van der Waals surface area contributed by atoms with Gasteiger partial charge in [0.25, 0.3) is 0 Å². The Labute approximate surface area is 79.3 Å². The van der Waals surface area contributed by atoms with Crippen molar-refractivity contribution in [3.63, 3.8) is 0 Å². The minimum Gasteiger partial charge on any atom is -0.352 e. The zero-order chi connectivity index (χ0) is 9.52. The lowest BCUT2D eigenvalue weighted by Gasteiger charge is -2.22. The molecule has 0 aromatic heterocycles. The van der Waals surface area contributed by atoms with E-state index in [0.29, 0.717) is 12.6 Å². The van der Waals surface area contributed by atoms with Gasteiger partial charge >= 0.3 is 6.03 Å². The molecule has 0 aromatic carbocycles. The van der Waals surface area contributed by atoms with Crippen molar-refractivity contribution in [2.45, 2.75) is 38.1 Å². The SMILES string of the molecule is NC(=O)NCCNC1CCCCC1. The molecule has 0 saturated heterocycles. The highest BCUT2D eigenvalue weighted by atomic mass is 16.2. The van der Waals surface area contributed by atoms with Crippen LogP contribution in [-0.4, -0.2) is 25.2 Å². The standard InChI is InChI=1S/C9H19N3O/c10-9(13)12-7-6-11-8-4-2-1-3-5-8/h8,11H,1-7H2,(H3,10,12,13). The van der Waals surface area contributed by atoms with E-state index < -0.39 is 6.03 Å². The number of carbonyl (C=O) groups is 1. The average molecular weight is 185 g/mol. The lowest BCUT2D eigenvalue weighted by Crippen LogP contribution is -2.39. The van der Waals surface area contributed by atoms with Crippen molar-refractivity contribution in [2.24, 2.45) is 5.73 Å². The Hall–Kier alpha value is -0.770. The van der Waals surface area contributed by atoms with E-state index in [1.165, 1.54) is 32.1 Å². The highest BCUT2D eigenvalue weighted by molar-refractivity contribution is 5.71. The molecule has 1 saturated carbocycles. The zero-order valence-corrected chi connectivity index (χ0v) is 8.01. The molecule has 0 unspecified atom stereocenters. The van der Waals surface area contributed by atoms with E-state index in [1.54, 1.807) is 0 Å². The Morgan fingerprint density at radius 3 is 2.54 bits per heavy atom. The van der Waals surface area contributed by atoms with E-state index in [4.69, 9.17) is 5.73 Å². The number of hydrogen-bond donors (Lipinski definition) is 3. The first kappa shape index (κ1) is 10.3. The third kappa shape index (κ3) is 4.72. The number of nitrogens with two attached hydrogens (primary N) is 1. The van der Waals surface area contributed by atoms with Crippen molar-refractivity contribution in [3.8, 4) is 0 Å². The summed E-state index contributed by atoms with van der Waals surface area (Å²) in [6, 6.07) is 0.217. The normalized spacial score (nSPS) is 18.5. The first-order valence-electron chi connectivity index (χ1n) is 5.06. The summed E-state index contributed by atoms with van der Waals surface area (Å²) >= 11 is 0. The van der Waals surface area contributed by atoms with E-state index in [0.717, 1.165) is 6.54 Å². The molecular weight excluding hydrogens is 166 g/mol. The van der Waals surface area contributed by atoms with E-state index in [1.807, 2.05) is 0 Å². The molecule has 1 aliphatic rings. The smallest absolute Gasteiger partial charge is 0.312 e. The van der Waals surface area contributed by atoms with Crippen LogP contribution >= 0.6 is 0 Å². The van der Waals surface area contributed by atoms with Crippen LogP contribution in [0.3, 0.4) is 0 Å². The Kier molecular flexibility index (Phi) is 4.60. The number of rotatable bonds is 4. The van der Waals surface area contributed by atoms with Gasteiger partial charge < -0.3 is 16.4 Å². The fourth-order valence-electron chi connectivity index (χ4n) is 1.77. The highest BCUT2D eigenvalue weighted by Crippen LogP contribution is 2.16. The molecule has 4 heteroatoms. The van der Waals surface area contributed by atoms with Gasteiger partial charge in [0.05, 0.1) is 0 Å². The molecule has 0 radical (unpaired) electrons. The third-order valence-corrected chi connectivity index (χ3v) is 2.46. The third-order valence-electron chi connectivity index (χ3n) is 2.46. The summed E-state index contributed by atoms with van der Waals surface area (Å²) in [5, 5.41) is 5.97. The van der Waals surface area contributed by atoms with Crippen molar-refractivity contribution < 1.29 is 4.79 Å². The van der Waals surface area contributed by atoms with Crippen LogP contribution in [0.5, 0.6) is 0 Å². The van der Waals surface area contributed by atoms with Crippen molar-refractivity contribution in [1.82, 2.24) is 10.6 Å². The largest absolute Gasteiger partial charge is 0.352 e. The highest BCUT2D eigenvalue weighted by Gasteiger charge is 2.11. The van der Waals surface area contributed by atoms with Crippen molar-refractivity contribution >= 4 is 6.03 Å². The molecule has 2 amide bonds. The first-order valence-corrected chi connectivity index (χ1v) is 5.06. The lowest BCUT2D eigenvalue weighted by molar-refractivity contribution is 0.248. The summed E-state index contributed by atoms with van der Waals surface area (Å²) in [6.07, 6.45) is 6.59. The number of amides is 2. The van der Waals surface area contributed by atoms with Gasteiger partial charge in [-0.25, -0.2) is 4.79 Å². The fourth-order valence-corrected chi connectivity index (χ4v) is 1.77. The lowest BCUT2D eigenvalue weighted by atomic mass is 9.95. The van der Waals surface area contributed by atoms with E-state index >= 15 is 0 Å². The second kappa shape index (κ2) is 5.80. The van der Waals surface area contributed by atoms with E-state index in [2.05, 4.69) is 10.6 Å². The Morgan fingerprint density at radius 1 is 1.23 bits per heavy atom. The maximum absolute atomic E-state index is 10.3. The first-order chi connectivity index (χ1) is 6.29. The number of carbonyl (C=O) groups excluding carboxylic acids is 1. The summed E-state index contributed by atoms with van der Waals surface area (Å²) < 4.78 is 0. The summed E-state index contributed by atoms with van der Waals surface area (Å²) in [4.78, 5) is 10.3. The van der Waals surface area contributed by atoms with Crippen LogP contribution in [0.25, 0.3) is 0 Å². The fraction of sp³-hybridized carbons (Fsp3) is 0.889. The predicted octanol–water partition coefficient (Wildman–Crippen LogP) is 0.577. The molecule has 0 aliphatic heterocycles. The summed E-state index contributed by atoms with van der Waals surface area (Å²) in [6.45, 7) is 1.46. The zero-order valence-electron chi connectivity index (χ0n) is 8.01. The minimum atomic E-state index is -0.439. The molecule has 0 spiro atoms. The van der Waals surface area contributed by atoms with Gasteiger partial charge in [0.2, 0.25) is 0 Å². The molecule has 0 atom stereocenters. The van der Waals surface area contributed by atoms with Crippen LogP contribution in [0, 0.1) is 0 Å². The monoisotopic (exact) mass is 185 g/mol. The van der Waals surface area contributed by atoms with Crippen LogP contribution in [0.15, 0.2) is 0 Å². The van der Waals surface area contributed by atoms with E-state index in [9.17, 15) is 4.79 Å². The van der Waals surface area contributed by atoms with Crippen molar-refractivity contribution in [2.75, 3.05) is 13.1 Å². The van der Waals surface area contributed by atoms with E-state index in [-0.39, 0.29) is 0 Å². The van der Waals surface area contributed by atoms with Crippen LogP contribution in [0.1, 0.15) is 32.1 Å². The number of hydrogen-bond acceptors (Lipinski definition) is 2. The van der Waals surface area contributed by atoms with Crippen molar-refractivity contribution in [3.05, 3.63) is 0 Å². The second-order valence-corrected chi connectivity index (χ2v) is 3.58. The number of primary amides is 1. The van der Waals surface area contributed by atoms with Gasteiger partial charge in [0.1, 0.15) is 0 Å². The maximum atomic E-state index is 10.3. The molecular formula is C9H19N3O. The summed E-state index contributed by atoms with van der Waals surface area (Å²) in [5.74, 6) is 0. The molecule has 4 N–H and O–H groups in total. The Bertz CT molecular complexity index is 155. The molecule has 0 heterocycles. The molecule has 1 aliphatic carbocycles. The quantitative estimate of drug-likeness (QED) is 0.561. The Balaban J connectivity index is 1.95. The van der Waals surface area contributed by atoms with Crippen molar-refractivity contribution in [1.29, 1.82) is 0 Å². The van der Waals surface area contributed by atoms with Crippen LogP contribution in [-0.2, 0) is 0 Å².